The van der Waals surface area contributed by atoms with Crippen LogP contribution in [0, 0.1) is 11.6 Å². The monoisotopic (exact) mass is 347 g/mol. The second-order valence-electron chi connectivity index (χ2n) is 5.46. The van der Waals surface area contributed by atoms with Crippen molar-refractivity contribution in [3.63, 3.8) is 0 Å². The van der Waals surface area contributed by atoms with Crippen LogP contribution in [0.2, 0.25) is 0 Å². The molecule has 1 aromatic carbocycles. The van der Waals surface area contributed by atoms with Crippen molar-refractivity contribution in [2.24, 2.45) is 5.73 Å². The number of methoxy groups -OCH3 is 1. The highest BCUT2D eigenvalue weighted by atomic mass is 79.9. The Morgan fingerprint density at radius 1 is 1.30 bits per heavy atom. The smallest absolute Gasteiger partial charge is 0.143 e. The van der Waals surface area contributed by atoms with Gasteiger partial charge in [-0.2, -0.15) is 0 Å². The Hall–Kier alpha value is -0.520. The van der Waals surface area contributed by atoms with Crippen molar-refractivity contribution in [1.29, 1.82) is 0 Å². The first-order valence-corrected chi connectivity index (χ1v) is 7.72. The van der Waals surface area contributed by atoms with Crippen LogP contribution in [0.3, 0.4) is 0 Å². The largest absolute Gasteiger partial charge is 0.377 e. The average Bonchev–Trinajstić information content (AvgIpc) is 2.48. The topological polar surface area (TPSA) is 35.2 Å². The van der Waals surface area contributed by atoms with Gasteiger partial charge in [0.1, 0.15) is 11.6 Å². The molecule has 2 N–H and O–H groups in total. The lowest BCUT2D eigenvalue weighted by Crippen LogP contribution is -2.52. The summed E-state index contributed by atoms with van der Waals surface area (Å²) in [6, 6.07) is 2.22. The summed E-state index contributed by atoms with van der Waals surface area (Å²) in [5.41, 5.74) is 5.82. The van der Waals surface area contributed by atoms with E-state index in [-0.39, 0.29) is 16.5 Å². The minimum atomic E-state index is -0.567. The van der Waals surface area contributed by atoms with Crippen molar-refractivity contribution in [3.8, 4) is 0 Å². The Kier molecular flexibility index (Phi) is 5.15. The van der Waals surface area contributed by atoms with Gasteiger partial charge < -0.3 is 10.5 Å². The van der Waals surface area contributed by atoms with Crippen LogP contribution in [0.4, 0.5) is 8.78 Å². The summed E-state index contributed by atoms with van der Waals surface area (Å²) >= 11 is 3.08. The fourth-order valence-corrected chi connectivity index (χ4v) is 3.41. The van der Waals surface area contributed by atoms with E-state index in [1.54, 1.807) is 7.11 Å². The van der Waals surface area contributed by atoms with Gasteiger partial charge >= 0.3 is 0 Å². The standard InChI is InChI=1S/C15H20BrF2NO/c1-20-15(7-3-2-4-8-15)13(19)9-10-12(17)6-5-11(16)14(10)18/h5-6,13H,2-4,7-9,19H2,1H3. The maximum absolute atomic E-state index is 14.0. The Balaban J connectivity index is 2.22. The van der Waals surface area contributed by atoms with E-state index in [0.717, 1.165) is 32.1 Å². The van der Waals surface area contributed by atoms with Crippen molar-refractivity contribution in [3.05, 3.63) is 33.8 Å². The Morgan fingerprint density at radius 3 is 2.55 bits per heavy atom. The summed E-state index contributed by atoms with van der Waals surface area (Å²) in [6.45, 7) is 0. The minimum absolute atomic E-state index is 0.0360. The molecule has 1 aliphatic carbocycles. The van der Waals surface area contributed by atoms with Crippen molar-refractivity contribution in [1.82, 2.24) is 0 Å². The molecule has 0 amide bonds. The lowest BCUT2D eigenvalue weighted by molar-refractivity contribution is -0.0585. The van der Waals surface area contributed by atoms with Crippen LogP contribution in [0.25, 0.3) is 0 Å². The number of nitrogens with two attached hydrogens (primary N) is 1. The van der Waals surface area contributed by atoms with Gasteiger partial charge in [-0.25, -0.2) is 8.78 Å². The van der Waals surface area contributed by atoms with Crippen LogP contribution >= 0.6 is 15.9 Å². The van der Waals surface area contributed by atoms with Gasteiger partial charge in [0.25, 0.3) is 0 Å². The van der Waals surface area contributed by atoms with E-state index in [2.05, 4.69) is 15.9 Å². The number of rotatable bonds is 4. The van der Waals surface area contributed by atoms with Crippen LogP contribution in [0.5, 0.6) is 0 Å². The van der Waals surface area contributed by atoms with Crippen LogP contribution in [0.1, 0.15) is 37.7 Å². The molecule has 1 unspecified atom stereocenters. The lowest BCUT2D eigenvalue weighted by Gasteiger charge is -2.41. The van der Waals surface area contributed by atoms with Crippen LogP contribution in [0.15, 0.2) is 16.6 Å². The highest BCUT2D eigenvalue weighted by Gasteiger charge is 2.38. The van der Waals surface area contributed by atoms with Gasteiger partial charge in [0.2, 0.25) is 0 Å². The molecule has 2 rings (SSSR count). The average molecular weight is 348 g/mol. The summed E-state index contributed by atoms with van der Waals surface area (Å²) in [5.74, 6) is -1.12. The number of halogens is 3. The molecule has 112 valence electrons. The van der Waals surface area contributed by atoms with Crippen molar-refractivity contribution in [2.75, 3.05) is 7.11 Å². The predicted molar refractivity (Wildman–Crippen MR) is 78.6 cm³/mol. The maximum atomic E-state index is 14.0. The first-order valence-electron chi connectivity index (χ1n) is 6.93. The van der Waals surface area contributed by atoms with Gasteiger partial charge in [-0.3, -0.25) is 0 Å². The molecule has 20 heavy (non-hydrogen) atoms. The number of ether oxygens (including phenoxy) is 1. The molecule has 0 spiro atoms. The molecule has 0 saturated heterocycles. The molecule has 1 atom stereocenters. The zero-order valence-corrected chi connectivity index (χ0v) is 13.2. The molecule has 1 fully saturated rings. The van der Waals surface area contributed by atoms with Crippen LogP contribution in [-0.4, -0.2) is 18.8 Å². The summed E-state index contributed by atoms with van der Waals surface area (Å²) in [4.78, 5) is 0. The summed E-state index contributed by atoms with van der Waals surface area (Å²) in [6.07, 6.45) is 5.10. The zero-order valence-electron chi connectivity index (χ0n) is 11.6. The van der Waals surface area contributed by atoms with Gasteiger partial charge in [0.05, 0.1) is 10.1 Å². The number of hydrogen-bond acceptors (Lipinski definition) is 2. The van der Waals surface area contributed by atoms with Crippen LogP contribution < -0.4 is 5.73 Å². The molecule has 1 saturated carbocycles. The van der Waals surface area contributed by atoms with Crippen molar-refractivity contribution in [2.45, 2.75) is 50.2 Å². The van der Waals surface area contributed by atoms with Crippen molar-refractivity contribution >= 4 is 15.9 Å². The first kappa shape index (κ1) is 15.9. The summed E-state index contributed by atoms with van der Waals surface area (Å²) in [7, 11) is 1.64. The van der Waals surface area contributed by atoms with Gasteiger partial charge in [0, 0.05) is 18.7 Å². The van der Waals surface area contributed by atoms with E-state index in [4.69, 9.17) is 10.5 Å². The van der Waals surface area contributed by atoms with E-state index in [0.29, 0.717) is 0 Å². The molecule has 0 aromatic heterocycles. The second-order valence-corrected chi connectivity index (χ2v) is 6.32. The lowest BCUT2D eigenvalue weighted by atomic mass is 9.77. The fourth-order valence-electron chi connectivity index (χ4n) is 3.04. The summed E-state index contributed by atoms with van der Waals surface area (Å²) in [5, 5.41) is 0. The van der Waals surface area contributed by atoms with Gasteiger partial charge in [0.15, 0.2) is 0 Å². The molecular weight excluding hydrogens is 328 g/mol. The molecule has 0 bridgehead atoms. The van der Waals surface area contributed by atoms with Gasteiger partial charge in [-0.15, -0.1) is 0 Å². The Morgan fingerprint density at radius 2 is 1.95 bits per heavy atom. The Bertz CT molecular complexity index is 475. The van der Waals surface area contributed by atoms with E-state index in [1.165, 1.54) is 12.1 Å². The molecule has 1 aliphatic rings. The quantitative estimate of drug-likeness (QED) is 0.837. The fraction of sp³-hybridized carbons (Fsp3) is 0.600. The molecule has 2 nitrogen and oxygen atoms in total. The molecule has 0 radical (unpaired) electrons. The minimum Gasteiger partial charge on any atom is -0.377 e. The molecule has 1 aromatic rings. The third-order valence-electron chi connectivity index (χ3n) is 4.35. The first-order chi connectivity index (χ1) is 9.50. The van der Waals surface area contributed by atoms with E-state index in [1.807, 2.05) is 0 Å². The highest BCUT2D eigenvalue weighted by molar-refractivity contribution is 9.10. The maximum Gasteiger partial charge on any atom is 0.143 e. The molecule has 0 heterocycles. The zero-order chi connectivity index (χ0) is 14.8. The van der Waals surface area contributed by atoms with Gasteiger partial charge in [-0.1, -0.05) is 19.3 Å². The third kappa shape index (κ3) is 3.05. The second kappa shape index (κ2) is 6.50. The SMILES string of the molecule is COC1(C(N)Cc2c(F)ccc(Br)c2F)CCCCC1. The third-order valence-corrected chi connectivity index (χ3v) is 4.96. The molecule has 0 aliphatic heterocycles. The molecular formula is C15H20BrF2NO. The normalized spacial score (nSPS) is 19.9. The summed E-state index contributed by atoms with van der Waals surface area (Å²) < 4.78 is 33.8. The number of benzene rings is 1. The number of hydrogen-bond donors (Lipinski definition) is 1. The van der Waals surface area contributed by atoms with Gasteiger partial charge in [-0.05, 0) is 47.3 Å². The van der Waals surface area contributed by atoms with Crippen molar-refractivity contribution < 1.29 is 13.5 Å². The van der Waals surface area contributed by atoms with E-state index in [9.17, 15) is 8.78 Å². The Labute approximate surface area is 126 Å². The highest BCUT2D eigenvalue weighted by Crippen LogP contribution is 2.35. The van der Waals surface area contributed by atoms with E-state index >= 15 is 0 Å². The molecule has 5 heteroatoms. The van der Waals surface area contributed by atoms with Crippen LogP contribution in [-0.2, 0) is 11.2 Å². The predicted octanol–water partition coefficient (Wildman–Crippen LogP) is 3.95. The van der Waals surface area contributed by atoms with E-state index < -0.39 is 23.3 Å².